The zero-order valence-corrected chi connectivity index (χ0v) is 21.6. The van der Waals surface area contributed by atoms with E-state index >= 15 is 0 Å². The van der Waals surface area contributed by atoms with Crippen LogP contribution < -0.4 is 0 Å². The van der Waals surface area contributed by atoms with Crippen molar-refractivity contribution in [2.75, 3.05) is 0 Å². The number of rotatable bonds is 1. The molecule has 0 amide bonds. The fourth-order valence-electron chi connectivity index (χ4n) is 10.1. The number of hydrogen-bond donors (Lipinski definition) is 4. The number of carboxylic acids is 1. The molecule has 0 unspecified atom stereocenters. The summed E-state index contributed by atoms with van der Waals surface area (Å²) >= 11 is 0. The highest BCUT2D eigenvalue weighted by atomic mass is 16.4. The molecule has 0 spiro atoms. The number of carboxylic acid groups (broad SMARTS) is 1. The number of hydrogen-bond acceptors (Lipinski definition) is 4. The number of aliphatic carboxylic acids is 1. The molecule has 0 bridgehead atoms. The highest BCUT2D eigenvalue weighted by molar-refractivity contribution is 5.77. The molecule has 5 aliphatic carbocycles. The molecule has 0 saturated heterocycles. The Bertz CT molecular complexity index is 952. The van der Waals surface area contributed by atoms with Gasteiger partial charge in [0, 0.05) is 5.92 Å². The van der Waals surface area contributed by atoms with E-state index in [1.165, 1.54) is 5.57 Å². The predicted molar refractivity (Wildman–Crippen MR) is 131 cm³/mol. The average Bonchev–Trinajstić information content (AvgIpc) is 2.75. The fourth-order valence-corrected chi connectivity index (χ4v) is 10.1. The lowest BCUT2D eigenvalue weighted by atomic mass is 9.34. The van der Waals surface area contributed by atoms with Crippen LogP contribution in [0.5, 0.6) is 0 Å². The van der Waals surface area contributed by atoms with Gasteiger partial charge in [-0.25, -0.2) is 0 Å². The van der Waals surface area contributed by atoms with Crippen LogP contribution in [-0.4, -0.2) is 44.2 Å². The molecule has 4 N–H and O–H groups in total. The van der Waals surface area contributed by atoms with Crippen molar-refractivity contribution in [1.82, 2.24) is 0 Å². The maximum absolute atomic E-state index is 12.8. The van der Waals surface area contributed by atoms with E-state index in [1.54, 1.807) is 0 Å². The van der Waals surface area contributed by atoms with Crippen LogP contribution in [0.2, 0.25) is 0 Å². The van der Waals surface area contributed by atoms with Gasteiger partial charge >= 0.3 is 5.97 Å². The zero-order chi connectivity index (χ0) is 25.1. The number of aliphatic hydroxyl groups is 3. The van der Waals surface area contributed by atoms with Crippen LogP contribution in [-0.2, 0) is 4.79 Å². The first-order valence-corrected chi connectivity index (χ1v) is 13.4. The molecule has 0 aromatic rings. The van der Waals surface area contributed by atoms with E-state index in [4.69, 9.17) is 0 Å². The molecular formula is C29H44O5. The van der Waals surface area contributed by atoms with Crippen LogP contribution in [0.15, 0.2) is 23.8 Å². The highest BCUT2D eigenvalue weighted by Crippen LogP contribution is 2.75. The first-order chi connectivity index (χ1) is 15.7. The molecule has 5 rings (SSSR count). The molecule has 11 atom stereocenters. The van der Waals surface area contributed by atoms with Crippen molar-refractivity contribution in [1.29, 1.82) is 0 Å². The Morgan fingerprint density at radius 2 is 1.74 bits per heavy atom. The zero-order valence-electron chi connectivity index (χ0n) is 21.6. The maximum atomic E-state index is 12.8. The Hall–Kier alpha value is -1.17. The molecule has 0 radical (unpaired) electrons. The summed E-state index contributed by atoms with van der Waals surface area (Å²) in [6.45, 7) is 15.2. The Labute approximate surface area is 204 Å². The van der Waals surface area contributed by atoms with Crippen molar-refractivity contribution in [3.05, 3.63) is 23.8 Å². The largest absolute Gasteiger partial charge is 0.481 e. The van der Waals surface area contributed by atoms with Gasteiger partial charge < -0.3 is 20.4 Å². The van der Waals surface area contributed by atoms with Crippen LogP contribution in [0.3, 0.4) is 0 Å². The molecular weight excluding hydrogens is 428 g/mol. The molecule has 4 fully saturated rings. The maximum Gasteiger partial charge on any atom is 0.310 e. The number of carbonyl (C=O) groups is 1. The quantitative estimate of drug-likeness (QED) is 0.415. The predicted octanol–water partition coefficient (Wildman–Crippen LogP) is 4.71. The third-order valence-electron chi connectivity index (χ3n) is 12.6. The summed E-state index contributed by atoms with van der Waals surface area (Å²) in [5.41, 5.74) is -0.464. The normalized spacial score (nSPS) is 56.9. The van der Waals surface area contributed by atoms with Crippen LogP contribution in [0, 0.1) is 45.3 Å². The van der Waals surface area contributed by atoms with Gasteiger partial charge in [0.15, 0.2) is 0 Å². The fraction of sp³-hybridized carbons (Fsp3) is 0.828. The lowest BCUT2D eigenvalue weighted by Crippen LogP contribution is -2.67. The van der Waals surface area contributed by atoms with Crippen LogP contribution >= 0.6 is 0 Å². The Balaban J connectivity index is 1.64. The van der Waals surface area contributed by atoms with Crippen molar-refractivity contribution in [2.45, 2.75) is 104 Å². The number of aliphatic hydroxyl groups excluding tert-OH is 2. The van der Waals surface area contributed by atoms with Gasteiger partial charge in [0.25, 0.3) is 0 Å². The lowest BCUT2D eigenvalue weighted by Gasteiger charge is -2.70. The Morgan fingerprint density at radius 1 is 1.06 bits per heavy atom. The van der Waals surface area contributed by atoms with Crippen LogP contribution in [0.1, 0.15) is 86.0 Å². The van der Waals surface area contributed by atoms with E-state index in [1.807, 2.05) is 6.92 Å². The first-order valence-electron chi connectivity index (χ1n) is 13.4. The van der Waals surface area contributed by atoms with E-state index in [-0.39, 0.29) is 34.0 Å². The van der Waals surface area contributed by atoms with E-state index in [0.29, 0.717) is 25.2 Å². The Morgan fingerprint density at radius 3 is 2.38 bits per heavy atom. The summed E-state index contributed by atoms with van der Waals surface area (Å²) in [5.74, 6) is -0.602. The standard InChI is InChI=1S/C29H44O5/c1-16-9-12-29(24(32)33)14-13-26(4)19(23(29)28(16,6)34)7-8-21-25(3)15-20(30)22(31)17(2)18(25)10-11-27(21,26)5/h7,16,18,20-23,30-31,34H,2,8-15H2,1,3-6H3,(H,32,33)/t16-,18+,20-,21-,22+,23-,25+,26-,27-,28-,29+/m1/s1. The molecule has 190 valence electrons. The molecule has 5 nitrogen and oxygen atoms in total. The molecule has 5 heteroatoms. The van der Waals surface area contributed by atoms with E-state index < -0.39 is 29.2 Å². The van der Waals surface area contributed by atoms with Gasteiger partial charge in [-0.2, -0.15) is 0 Å². The van der Waals surface area contributed by atoms with E-state index in [9.17, 15) is 25.2 Å². The smallest absolute Gasteiger partial charge is 0.310 e. The monoisotopic (exact) mass is 472 g/mol. The average molecular weight is 473 g/mol. The SMILES string of the molecule is C=C1[C@H](O)[C@H](O)C[C@]2(C)[C@H]3CC=C4[C@H]5[C@](C(=O)O)(CC[C@@H](C)[C@@]5(C)O)CC[C@@]4(C)[C@]3(C)CC[C@@H]12. The summed E-state index contributed by atoms with van der Waals surface area (Å²) < 4.78 is 0. The van der Waals surface area contributed by atoms with Crippen LogP contribution in [0.4, 0.5) is 0 Å². The van der Waals surface area contributed by atoms with Gasteiger partial charge in [-0.15, -0.1) is 0 Å². The summed E-state index contributed by atoms with van der Waals surface area (Å²) in [4.78, 5) is 12.8. The molecule has 34 heavy (non-hydrogen) atoms. The van der Waals surface area contributed by atoms with Crippen molar-refractivity contribution in [3.63, 3.8) is 0 Å². The number of allylic oxidation sites excluding steroid dienone is 1. The number of fused-ring (bicyclic) bond motifs is 7. The first kappa shape index (κ1) is 24.5. The Kier molecular flexibility index (Phi) is 5.19. The third kappa shape index (κ3) is 2.70. The second-order valence-electron chi connectivity index (χ2n) is 13.6. The second-order valence-corrected chi connectivity index (χ2v) is 13.6. The minimum Gasteiger partial charge on any atom is -0.481 e. The summed E-state index contributed by atoms with van der Waals surface area (Å²) in [6, 6.07) is 0. The van der Waals surface area contributed by atoms with Crippen LogP contribution in [0.25, 0.3) is 0 Å². The molecule has 0 heterocycles. The summed E-state index contributed by atoms with van der Waals surface area (Å²) in [5, 5.41) is 43.6. The third-order valence-corrected chi connectivity index (χ3v) is 12.6. The van der Waals surface area contributed by atoms with Gasteiger partial charge in [0.2, 0.25) is 0 Å². The topological polar surface area (TPSA) is 98.0 Å². The van der Waals surface area contributed by atoms with Crippen molar-refractivity contribution in [2.24, 2.45) is 45.3 Å². The van der Waals surface area contributed by atoms with E-state index in [2.05, 4.69) is 40.3 Å². The molecule has 0 aliphatic heterocycles. The highest BCUT2D eigenvalue weighted by Gasteiger charge is 2.70. The van der Waals surface area contributed by atoms with E-state index in [0.717, 1.165) is 37.7 Å². The minimum atomic E-state index is -1.06. The lowest BCUT2D eigenvalue weighted by molar-refractivity contribution is -0.202. The van der Waals surface area contributed by atoms with Gasteiger partial charge in [0.05, 0.1) is 17.1 Å². The van der Waals surface area contributed by atoms with Crippen molar-refractivity contribution < 1.29 is 25.2 Å². The summed E-state index contributed by atoms with van der Waals surface area (Å²) in [7, 11) is 0. The summed E-state index contributed by atoms with van der Waals surface area (Å²) in [6.07, 6.45) is 6.73. The van der Waals surface area contributed by atoms with Gasteiger partial charge in [-0.3, -0.25) is 4.79 Å². The van der Waals surface area contributed by atoms with Crippen molar-refractivity contribution >= 4 is 5.97 Å². The van der Waals surface area contributed by atoms with Crippen molar-refractivity contribution in [3.8, 4) is 0 Å². The second kappa shape index (κ2) is 7.20. The molecule has 4 saturated carbocycles. The molecule has 5 aliphatic rings. The van der Waals surface area contributed by atoms with Gasteiger partial charge in [-0.1, -0.05) is 45.9 Å². The molecule has 0 aromatic carbocycles. The van der Waals surface area contributed by atoms with Gasteiger partial charge in [0.1, 0.15) is 6.10 Å². The minimum absolute atomic E-state index is 0.0466. The molecule has 0 aromatic heterocycles. The van der Waals surface area contributed by atoms with Gasteiger partial charge in [-0.05, 0) is 97.9 Å².